The number of anilines is 1. The maximum Gasteiger partial charge on any atom is 0.338 e. The highest BCUT2D eigenvalue weighted by Gasteiger charge is 2.18. The van der Waals surface area contributed by atoms with Gasteiger partial charge in [-0.1, -0.05) is 41.4 Å². The van der Waals surface area contributed by atoms with Gasteiger partial charge in [0.2, 0.25) is 0 Å². The Morgan fingerprint density at radius 1 is 0.949 bits per heavy atom. The zero-order valence-corrected chi connectivity index (χ0v) is 24.5. The summed E-state index contributed by atoms with van der Waals surface area (Å²) in [6.45, 7) is 11.2. The number of nitrogens with one attached hydrogen (secondary N) is 1. The zero-order chi connectivity index (χ0) is 28.7. The number of hydrogen-bond donors (Lipinski definition) is 1. The molecule has 0 aliphatic carbocycles. The molecule has 1 N–H and O–H groups in total. The summed E-state index contributed by atoms with van der Waals surface area (Å²) in [5.41, 5.74) is 2.38. The second-order valence-corrected chi connectivity index (χ2v) is 10.9. The van der Waals surface area contributed by atoms with Crippen LogP contribution in [0.4, 0.5) is 5.69 Å². The van der Waals surface area contributed by atoms with Gasteiger partial charge in [0.25, 0.3) is 11.5 Å². The van der Waals surface area contributed by atoms with E-state index in [1.807, 2.05) is 58.9 Å². The van der Waals surface area contributed by atoms with Gasteiger partial charge in [0, 0.05) is 30.9 Å². The highest BCUT2D eigenvalue weighted by Crippen LogP contribution is 2.21. The van der Waals surface area contributed by atoms with Crippen LogP contribution in [-0.2, 0) is 24.2 Å². The summed E-state index contributed by atoms with van der Waals surface area (Å²) in [6, 6.07) is 15.8. The van der Waals surface area contributed by atoms with E-state index >= 15 is 0 Å². The highest BCUT2D eigenvalue weighted by atomic mass is 35.5. The number of rotatable bonds is 10. The molecule has 0 radical (unpaired) electrons. The molecule has 0 spiro atoms. The van der Waals surface area contributed by atoms with E-state index in [0.717, 1.165) is 11.3 Å². The molecule has 7 nitrogen and oxygen atoms in total. The summed E-state index contributed by atoms with van der Waals surface area (Å²) in [5, 5.41) is 3.69. The summed E-state index contributed by atoms with van der Waals surface area (Å²) in [6.07, 6.45) is 0.520. The second kappa shape index (κ2) is 13.2. The average Bonchev–Trinajstić information content (AvgIpc) is 2.89. The third kappa shape index (κ3) is 8.10. The van der Waals surface area contributed by atoms with Gasteiger partial charge < -0.3 is 19.5 Å². The lowest BCUT2D eigenvalue weighted by Gasteiger charge is -2.20. The molecule has 0 saturated heterocycles. The Morgan fingerprint density at radius 3 is 2.23 bits per heavy atom. The fraction of sp³-hybridized carbons (Fsp3) is 0.367. The van der Waals surface area contributed by atoms with E-state index < -0.39 is 5.60 Å². The molecule has 208 valence electrons. The Morgan fingerprint density at radius 2 is 1.62 bits per heavy atom. The van der Waals surface area contributed by atoms with Crippen molar-refractivity contribution in [3.63, 3.8) is 0 Å². The van der Waals surface area contributed by atoms with Crippen molar-refractivity contribution >= 4 is 40.8 Å². The first-order chi connectivity index (χ1) is 18.4. The fourth-order valence-corrected chi connectivity index (χ4v) is 4.62. The molecule has 0 bridgehead atoms. The summed E-state index contributed by atoms with van der Waals surface area (Å²) >= 11 is 12.7. The number of aryl methyl sites for hydroxylation is 1. The second-order valence-electron chi connectivity index (χ2n) is 10.1. The van der Waals surface area contributed by atoms with Crippen LogP contribution in [0.15, 0.2) is 59.4 Å². The number of carbonyl (C=O) groups excluding carboxylic acids is 2. The van der Waals surface area contributed by atoms with Crippen LogP contribution >= 0.6 is 23.2 Å². The summed E-state index contributed by atoms with van der Waals surface area (Å²) in [5.74, 6) is -0.425. The Labute approximate surface area is 239 Å². The minimum absolute atomic E-state index is 0.0378. The number of hydrogen-bond acceptors (Lipinski definition) is 5. The highest BCUT2D eigenvalue weighted by molar-refractivity contribution is 6.34. The largest absolute Gasteiger partial charge is 0.456 e. The van der Waals surface area contributed by atoms with Crippen LogP contribution in [0, 0.1) is 0 Å². The van der Waals surface area contributed by atoms with E-state index in [2.05, 4.69) is 5.32 Å². The van der Waals surface area contributed by atoms with Crippen molar-refractivity contribution in [2.75, 3.05) is 18.4 Å². The summed E-state index contributed by atoms with van der Waals surface area (Å²) in [7, 11) is 0. The predicted octanol–water partition coefficient (Wildman–Crippen LogP) is 6.45. The van der Waals surface area contributed by atoms with Gasteiger partial charge in [-0.2, -0.15) is 0 Å². The summed E-state index contributed by atoms with van der Waals surface area (Å²) in [4.78, 5) is 39.8. The molecule has 0 fully saturated rings. The molecule has 0 saturated carbocycles. The number of esters is 1. The lowest BCUT2D eigenvalue weighted by molar-refractivity contribution is 0.00693. The average molecular weight is 573 g/mol. The van der Waals surface area contributed by atoms with Gasteiger partial charge in [-0.25, -0.2) is 4.79 Å². The summed E-state index contributed by atoms with van der Waals surface area (Å²) < 4.78 is 6.98. The number of carbonyl (C=O) groups is 2. The third-order valence-corrected chi connectivity index (χ3v) is 6.74. The topological polar surface area (TPSA) is 80.6 Å². The maximum absolute atomic E-state index is 13.0. The number of halogens is 2. The van der Waals surface area contributed by atoms with Crippen LogP contribution < -0.4 is 10.9 Å². The van der Waals surface area contributed by atoms with E-state index in [-0.39, 0.29) is 29.0 Å². The van der Waals surface area contributed by atoms with E-state index in [1.54, 1.807) is 33.7 Å². The van der Waals surface area contributed by atoms with Crippen LogP contribution in [0.2, 0.25) is 10.0 Å². The molecule has 1 heterocycles. The maximum atomic E-state index is 13.0. The predicted molar refractivity (Wildman–Crippen MR) is 157 cm³/mol. The van der Waals surface area contributed by atoms with Crippen LogP contribution in [0.25, 0.3) is 0 Å². The van der Waals surface area contributed by atoms with Crippen molar-refractivity contribution in [3.05, 3.63) is 97.4 Å². The molecule has 3 rings (SSSR count). The van der Waals surface area contributed by atoms with Gasteiger partial charge in [0.05, 0.1) is 22.8 Å². The SMILES string of the molecule is CCN(CC)C(=O)c1cccc(NCc2c(Cl)cc(Cl)c(=O)n2CCc2ccc(C(=O)OC(C)(C)C)cc2)c1. The molecule has 2 aromatic carbocycles. The number of ether oxygens (including phenoxy) is 1. The van der Waals surface area contributed by atoms with E-state index in [9.17, 15) is 14.4 Å². The van der Waals surface area contributed by atoms with Crippen molar-refractivity contribution in [2.45, 2.75) is 59.7 Å². The molecule has 1 amide bonds. The standard InChI is InChI=1S/C30H35Cl2N3O4/c1-6-34(7-2)27(36)22-9-8-10-23(17-22)33-19-26-24(31)18-25(32)28(37)35(26)16-15-20-11-13-21(14-12-20)29(38)39-30(3,4)5/h8-14,17-18,33H,6-7,15-16,19H2,1-5H3. The van der Waals surface area contributed by atoms with Gasteiger partial charge >= 0.3 is 5.97 Å². The molecule has 9 heteroatoms. The minimum Gasteiger partial charge on any atom is -0.456 e. The fourth-order valence-electron chi connectivity index (χ4n) is 4.08. The van der Waals surface area contributed by atoms with Crippen molar-refractivity contribution < 1.29 is 14.3 Å². The number of aromatic nitrogens is 1. The van der Waals surface area contributed by atoms with Crippen molar-refractivity contribution in [1.82, 2.24) is 9.47 Å². The number of pyridine rings is 1. The third-order valence-electron chi connectivity index (χ3n) is 6.14. The first kappa shape index (κ1) is 30.3. The quantitative estimate of drug-likeness (QED) is 0.283. The molecule has 0 atom stereocenters. The van der Waals surface area contributed by atoms with Gasteiger partial charge in [-0.15, -0.1) is 0 Å². The van der Waals surface area contributed by atoms with Gasteiger partial charge in [0.1, 0.15) is 10.6 Å². The van der Waals surface area contributed by atoms with Crippen molar-refractivity contribution in [1.29, 1.82) is 0 Å². The lowest BCUT2D eigenvalue weighted by atomic mass is 10.1. The number of amides is 1. The smallest absolute Gasteiger partial charge is 0.338 e. The molecule has 3 aromatic rings. The van der Waals surface area contributed by atoms with Crippen LogP contribution in [-0.4, -0.2) is 40.0 Å². The monoisotopic (exact) mass is 571 g/mol. The zero-order valence-electron chi connectivity index (χ0n) is 23.0. The molecule has 39 heavy (non-hydrogen) atoms. The van der Waals surface area contributed by atoms with E-state index in [0.29, 0.717) is 47.9 Å². The minimum atomic E-state index is -0.574. The Balaban J connectivity index is 1.77. The van der Waals surface area contributed by atoms with Crippen LogP contribution in [0.3, 0.4) is 0 Å². The molecule has 0 unspecified atom stereocenters. The Kier molecular flexibility index (Phi) is 10.2. The van der Waals surface area contributed by atoms with Gasteiger partial charge in [0.15, 0.2) is 0 Å². The van der Waals surface area contributed by atoms with Crippen molar-refractivity contribution in [3.8, 4) is 0 Å². The number of benzene rings is 2. The molecule has 0 aliphatic heterocycles. The van der Waals surface area contributed by atoms with Gasteiger partial charge in [-0.05, 0) is 83.0 Å². The van der Waals surface area contributed by atoms with Crippen LogP contribution in [0.1, 0.15) is 66.6 Å². The normalized spacial score (nSPS) is 11.3. The Bertz CT molecular complexity index is 1370. The lowest BCUT2D eigenvalue weighted by Crippen LogP contribution is -2.30. The van der Waals surface area contributed by atoms with Crippen molar-refractivity contribution in [2.24, 2.45) is 0 Å². The molecular formula is C30H35Cl2N3O4. The first-order valence-corrected chi connectivity index (χ1v) is 13.7. The van der Waals surface area contributed by atoms with Gasteiger partial charge in [-0.3, -0.25) is 9.59 Å². The molecular weight excluding hydrogens is 537 g/mol. The molecule has 1 aromatic heterocycles. The first-order valence-electron chi connectivity index (χ1n) is 13.0. The van der Waals surface area contributed by atoms with E-state index in [4.69, 9.17) is 27.9 Å². The molecule has 0 aliphatic rings. The van der Waals surface area contributed by atoms with E-state index in [1.165, 1.54) is 6.07 Å². The Hall–Kier alpha value is -3.29. The van der Waals surface area contributed by atoms with Crippen LogP contribution in [0.5, 0.6) is 0 Å². The number of nitrogens with zero attached hydrogens (tertiary/aromatic N) is 2.